The van der Waals surface area contributed by atoms with E-state index in [0.29, 0.717) is 43.1 Å². The van der Waals surface area contributed by atoms with Crippen LogP contribution < -0.4 is 20.1 Å². The van der Waals surface area contributed by atoms with Gasteiger partial charge in [0.15, 0.2) is 11.5 Å². The van der Waals surface area contributed by atoms with Crippen molar-refractivity contribution in [3.63, 3.8) is 0 Å². The number of carbonyl (C=O) groups excluding carboxylic acids is 1. The van der Waals surface area contributed by atoms with Gasteiger partial charge in [0.1, 0.15) is 0 Å². The van der Waals surface area contributed by atoms with Crippen molar-refractivity contribution < 1.29 is 29.3 Å². The second kappa shape index (κ2) is 13.7. The molecule has 0 aliphatic carbocycles. The van der Waals surface area contributed by atoms with Crippen LogP contribution in [-0.4, -0.2) is 59.5 Å². The number of hydrogen-bond donors (Lipinski definition) is 3. The number of aliphatic hydroxyl groups excluding tert-OH is 1. The molecule has 9 nitrogen and oxygen atoms in total. The molecule has 2 aliphatic rings. The minimum Gasteiger partial charge on any atom is -0.481 e. The number of hydrogen-bond acceptors (Lipinski definition) is 7. The molecule has 0 aromatic heterocycles. The third-order valence-corrected chi connectivity index (χ3v) is 8.39. The number of anilines is 1. The predicted octanol–water partition coefficient (Wildman–Crippen LogP) is 4.66. The molecule has 0 unspecified atom stereocenters. The molecular formula is C33H45N3O6. The average Bonchev–Trinajstić information content (AvgIpc) is 3.57. The Morgan fingerprint density at radius 3 is 2.67 bits per heavy atom. The van der Waals surface area contributed by atoms with E-state index in [1.54, 1.807) is 0 Å². The van der Waals surface area contributed by atoms with Crippen LogP contribution in [0.1, 0.15) is 69.6 Å². The lowest BCUT2D eigenvalue weighted by molar-refractivity contribution is -0.143. The van der Waals surface area contributed by atoms with Crippen LogP contribution in [0.2, 0.25) is 0 Å². The van der Waals surface area contributed by atoms with Gasteiger partial charge in [-0.2, -0.15) is 0 Å². The maximum Gasteiger partial charge on any atom is 0.308 e. The summed E-state index contributed by atoms with van der Waals surface area (Å²) in [6, 6.07) is 11.0. The van der Waals surface area contributed by atoms with Gasteiger partial charge in [0, 0.05) is 42.8 Å². The highest BCUT2D eigenvalue weighted by Crippen LogP contribution is 2.46. The standard InChI is InChI=1S/C33H45N3O6/c1-5-7-12-36(25-10-8-9-22(13-25)17-34)29(38)19-35-18-26(23-14-24(20-37)31-28(15-23)41-21-42-31)30(32(39)40)27(35)16-33(3,4)11-6-2/h6,8-11,13-15,26-27,30,37H,5,7,12,16-21,34H2,1-4H3,(H,39,40)/b11-6+/t26-,27+,30-/m1/s1. The fourth-order valence-electron chi connectivity index (χ4n) is 6.40. The second-order valence-corrected chi connectivity index (χ2v) is 12.0. The molecule has 0 radical (unpaired) electrons. The molecular weight excluding hydrogens is 534 g/mol. The maximum absolute atomic E-state index is 14.0. The topological polar surface area (TPSA) is 126 Å². The Hall–Kier alpha value is -3.40. The number of carbonyl (C=O) groups is 2. The second-order valence-electron chi connectivity index (χ2n) is 12.0. The van der Waals surface area contributed by atoms with Crippen molar-refractivity contribution in [1.29, 1.82) is 0 Å². The smallest absolute Gasteiger partial charge is 0.308 e. The third kappa shape index (κ3) is 6.97. The van der Waals surface area contributed by atoms with E-state index in [2.05, 4.69) is 26.8 Å². The molecule has 42 heavy (non-hydrogen) atoms. The number of fused-ring (bicyclic) bond motifs is 1. The minimum atomic E-state index is -0.905. The number of allylic oxidation sites excluding steroid dienone is 2. The molecule has 2 aromatic carbocycles. The summed E-state index contributed by atoms with van der Waals surface area (Å²) >= 11 is 0. The molecule has 9 heteroatoms. The number of benzene rings is 2. The van der Waals surface area contributed by atoms with E-state index >= 15 is 0 Å². The molecule has 1 amide bonds. The first kappa shape index (κ1) is 31.5. The molecule has 2 aliphatic heterocycles. The summed E-state index contributed by atoms with van der Waals surface area (Å²) in [4.78, 5) is 30.9. The van der Waals surface area contributed by atoms with Crippen molar-refractivity contribution in [2.24, 2.45) is 17.1 Å². The van der Waals surface area contributed by atoms with E-state index in [0.717, 1.165) is 29.7 Å². The average molecular weight is 580 g/mol. The number of rotatable bonds is 13. The van der Waals surface area contributed by atoms with Crippen LogP contribution in [0.25, 0.3) is 0 Å². The Morgan fingerprint density at radius 2 is 2.00 bits per heavy atom. The summed E-state index contributed by atoms with van der Waals surface area (Å²) in [5, 5.41) is 20.6. The van der Waals surface area contributed by atoms with Crippen molar-refractivity contribution in [3.05, 3.63) is 65.2 Å². The van der Waals surface area contributed by atoms with E-state index in [4.69, 9.17) is 15.2 Å². The summed E-state index contributed by atoms with van der Waals surface area (Å²) in [5.74, 6) is -1.15. The fourth-order valence-corrected chi connectivity index (χ4v) is 6.40. The fraction of sp³-hybridized carbons (Fsp3) is 0.515. The maximum atomic E-state index is 14.0. The highest BCUT2D eigenvalue weighted by atomic mass is 16.7. The largest absolute Gasteiger partial charge is 0.481 e. The van der Waals surface area contributed by atoms with E-state index < -0.39 is 23.8 Å². The number of likely N-dealkylation sites (tertiary alicyclic amines) is 1. The normalized spacial score (nSPS) is 20.4. The summed E-state index contributed by atoms with van der Waals surface area (Å²) in [6.07, 6.45) is 6.42. The van der Waals surface area contributed by atoms with Crippen LogP contribution in [0.15, 0.2) is 48.6 Å². The summed E-state index contributed by atoms with van der Waals surface area (Å²) < 4.78 is 11.2. The van der Waals surface area contributed by atoms with Gasteiger partial charge < -0.3 is 30.3 Å². The number of amides is 1. The van der Waals surface area contributed by atoms with E-state index in [1.165, 1.54) is 0 Å². The first-order valence-electron chi connectivity index (χ1n) is 14.9. The zero-order valence-electron chi connectivity index (χ0n) is 25.2. The van der Waals surface area contributed by atoms with Gasteiger partial charge in [0.05, 0.1) is 19.1 Å². The number of carboxylic acid groups (broad SMARTS) is 1. The molecule has 3 atom stereocenters. The first-order valence-corrected chi connectivity index (χ1v) is 14.9. The summed E-state index contributed by atoms with van der Waals surface area (Å²) in [6.45, 7) is 9.46. The number of carboxylic acids is 1. The molecule has 2 heterocycles. The van der Waals surface area contributed by atoms with Gasteiger partial charge in [-0.05, 0) is 60.6 Å². The summed E-state index contributed by atoms with van der Waals surface area (Å²) in [5.41, 5.74) is 8.68. The molecule has 228 valence electrons. The highest BCUT2D eigenvalue weighted by Gasteiger charge is 2.49. The minimum absolute atomic E-state index is 0.0541. The van der Waals surface area contributed by atoms with Crippen LogP contribution in [-0.2, 0) is 22.7 Å². The lowest BCUT2D eigenvalue weighted by Gasteiger charge is -2.34. The number of nitrogens with zero attached hydrogens (tertiary/aromatic N) is 2. The molecule has 1 saturated heterocycles. The van der Waals surface area contributed by atoms with Crippen molar-refractivity contribution in [3.8, 4) is 11.5 Å². The Bertz CT molecular complexity index is 1290. The lowest BCUT2D eigenvalue weighted by Crippen LogP contribution is -2.45. The van der Waals surface area contributed by atoms with Crippen LogP contribution in [0, 0.1) is 11.3 Å². The zero-order valence-corrected chi connectivity index (χ0v) is 25.2. The van der Waals surface area contributed by atoms with Gasteiger partial charge in [0.2, 0.25) is 12.7 Å². The molecule has 0 spiro atoms. The molecule has 4 N–H and O–H groups in total. The lowest BCUT2D eigenvalue weighted by atomic mass is 9.77. The number of aliphatic carboxylic acids is 1. The van der Waals surface area contributed by atoms with E-state index in [1.807, 2.05) is 59.2 Å². The van der Waals surface area contributed by atoms with Crippen LogP contribution in [0.3, 0.4) is 0 Å². The number of aliphatic hydroxyl groups is 1. The molecule has 0 bridgehead atoms. The number of nitrogens with two attached hydrogens (primary N) is 1. The van der Waals surface area contributed by atoms with Crippen LogP contribution in [0.5, 0.6) is 11.5 Å². The molecule has 2 aromatic rings. The van der Waals surface area contributed by atoms with Crippen LogP contribution in [0.4, 0.5) is 5.69 Å². The van der Waals surface area contributed by atoms with Gasteiger partial charge in [-0.15, -0.1) is 0 Å². The van der Waals surface area contributed by atoms with Crippen molar-refractivity contribution in [2.75, 3.05) is 31.3 Å². The van der Waals surface area contributed by atoms with Crippen LogP contribution >= 0.6 is 0 Å². The van der Waals surface area contributed by atoms with Gasteiger partial charge >= 0.3 is 5.97 Å². The van der Waals surface area contributed by atoms with Gasteiger partial charge in [-0.3, -0.25) is 14.5 Å². The number of ether oxygens (including phenoxy) is 2. The molecule has 0 saturated carbocycles. The summed E-state index contributed by atoms with van der Waals surface area (Å²) in [7, 11) is 0. The van der Waals surface area contributed by atoms with E-state index in [-0.39, 0.29) is 31.3 Å². The Kier molecular flexibility index (Phi) is 10.3. The molecule has 1 fully saturated rings. The number of unbranched alkanes of at least 4 members (excludes halogenated alkanes) is 1. The van der Waals surface area contributed by atoms with E-state index in [9.17, 15) is 19.8 Å². The van der Waals surface area contributed by atoms with Gasteiger partial charge in [0.25, 0.3) is 0 Å². The predicted molar refractivity (Wildman–Crippen MR) is 163 cm³/mol. The highest BCUT2D eigenvalue weighted by molar-refractivity contribution is 5.95. The Morgan fingerprint density at radius 1 is 1.21 bits per heavy atom. The SMILES string of the molecule is C/C=C/C(C)(C)C[C@H]1[C@H](C(=O)O)[C@@H](c2cc(CO)c3c(c2)OCO3)CN1CC(=O)N(CCCC)c1cccc(CN)c1. The third-order valence-electron chi connectivity index (χ3n) is 8.39. The van der Waals surface area contributed by atoms with Crippen molar-refractivity contribution >= 4 is 17.6 Å². The van der Waals surface area contributed by atoms with Crippen molar-refractivity contribution in [1.82, 2.24) is 4.90 Å². The zero-order chi connectivity index (χ0) is 30.4. The van der Waals surface area contributed by atoms with Crippen molar-refractivity contribution in [2.45, 2.75) is 72.1 Å². The van der Waals surface area contributed by atoms with Gasteiger partial charge in [-0.25, -0.2) is 0 Å². The Labute approximate surface area is 248 Å². The monoisotopic (exact) mass is 579 g/mol. The first-order chi connectivity index (χ1) is 20.1. The van der Waals surface area contributed by atoms with Gasteiger partial charge in [-0.1, -0.05) is 51.5 Å². The Balaban J connectivity index is 1.72. The molecule has 4 rings (SSSR count). The quantitative estimate of drug-likeness (QED) is 0.293.